The molecular weight excluding hydrogens is 280 g/mol. The summed E-state index contributed by atoms with van der Waals surface area (Å²) < 4.78 is 2.12. The van der Waals surface area contributed by atoms with Gasteiger partial charge in [-0.1, -0.05) is 26.7 Å². The Labute approximate surface area is 133 Å². The quantitative estimate of drug-likeness (QED) is 0.543. The molecule has 2 rings (SSSR count). The Hall–Kier alpha value is -0.520. The molecule has 1 heterocycles. The van der Waals surface area contributed by atoms with Crippen molar-refractivity contribution in [3.05, 3.63) is 18.0 Å². The fraction of sp³-hybridized carbons (Fsp3) is 0.812. The molecule has 1 aliphatic carbocycles. The lowest BCUT2D eigenvalue weighted by atomic mass is 10.2. The number of nitrogens with zero attached hydrogens (tertiary/aromatic N) is 2. The minimum Gasteiger partial charge on any atom is -0.271 e. The molecule has 5 heteroatoms. The van der Waals surface area contributed by atoms with Gasteiger partial charge in [0.05, 0.1) is 11.7 Å². The fourth-order valence-electron chi connectivity index (χ4n) is 3.08. The lowest BCUT2D eigenvalue weighted by Crippen LogP contribution is -2.39. The van der Waals surface area contributed by atoms with E-state index in [1.54, 1.807) is 0 Å². The summed E-state index contributed by atoms with van der Waals surface area (Å²) in [5, 5.41) is 5.58. The maximum atomic E-state index is 5.73. The summed E-state index contributed by atoms with van der Waals surface area (Å²) in [5.41, 5.74) is 4.12. The Morgan fingerprint density at radius 1 is 1.38 bits per heavy atom. The zero-order valence-corrected chi connectivity index (χ0v) is 14.2. The smallest absolute Gasteiger partial charge is 0.0641 e. The molecule has 21 heavy (non-hydrogen) atoms. The highest BCUT2D eigenvalue weighted by Crippen LogP contribution is 2.29. The molecule has 120 valence electrons. The Bertz CT molecular complexity index is 397. The van der Waals surface area contributed by atoms with E-state index in [0.717, 1.165) is 36.0 Å². The minimum atomic E-state index is 0.320. The van der Waals surface area contributed by atoms with Crippen molar-refractivity contribution in [2.24, 2.45) is 5.84 Å². The molecule has 0 saturated heterocycles. The summed E-state index contributed by atoms with van der Waals surface area (Å²) in [6.45, 7) is 4.44. The van der Waals surface area contributed by atoms with E-state index in [1.165, 1.54) is 25.7 Å². The molecule has 1 aromatic heterocycles. The van der Waals surface area contributed by atoms with Gasteiger partial charge in [0.1, 0.15) is 0 Å². The SMILES string of the molecule is CCC(CC)n1ccc(CC(CSC2CCCC2)NN)n1. The second kappa shape index (κ2) is 8.81. The maximum Gasteiger partial charge on any atom is 0.0641 e. The predicted octanol–water partition coefficient (Wildman–Crippen LogP) is 3.29. The molecule has 1 fully saturated rings. The van der Waals surface area contributed by atoms with Gasteiger partial charge in [-0.2, -0.15) is 16.9 Å². The molecule has 0 spiro atoms. The van der Waals surface area contributed by atoms with Crippen molar-refractivity contribution in [1.82, 2.24) is 15.2 Å². The van der Waals surface area contributed by atoms with Crippen molar-refractivity contribution in [1.29, 1.82) is 0 Å². The van der Waals surface area contributed by atoms with Gasteiger partial charge in [-0.25, -0.2) is 0 Å². The number of hydrazine groups is 1. The third-order valence-electron chi connectivity index (χ3n) is 4.51. The van der Waals surface area contributed by atoms with Gasteiger partial charge in [-0.3, -0.25) is 16.0 Å². The van der Waals surface area contributed by atoms with Crippen LogP contribution in [0.1, 0.15) is 64.1 Å². The molecule has 1 aliphatic rings. The molecule has 1 atom stereocenters. The van der Waals surface area contributed by atoms with E-state index in [-0.39, 0.29) is 0 Å². The van der Waals surface area contributed by atoms with E-state index in [2.05, 4.69) is 48.0 Å². The van der Waals surface area contributed by atoms with Crippen LogP contribution < -0.4 is 11.3 Å². The highest BCUT2D eigenvalue weighted by Gasteiger charge is 2.18. The van der Waals surface area contributed by atoms with Crippen molar-refractivity contribution >= 4 is 11.8 Å². The van der Waals surface area contributed by atoms with E-state index in [9.17, 15) is 0 Å². The van der Waals surface area contributed by atoms with Crippen LogP contribution >= 0.6 is 11.8 Å². The van der Waals surface area contributed by atoms with Gasteiger partial charge in [0, 0.05) is 29.7 Å². The number of rotatable bonds is 9. The van der Waals surface area contributed by atoms with Crippen LogP contribution in [0.2, 0.25) is 0 Å². The highest BCUT2D eigenvalue weighted by molar-refractivity contribution is 7.99. The number of aromatic nitrogens is 2. The average molecular weight is 311 g/mol. The van der Waals surface area contributed by atoms with Crippen LogP contribution in [-0.2, 0) is 6.42 Å². The zero-order chi connectivity index (χ0) is 15.1. The van der Waals surface area contributed by atoms with Crippen molar-refractivity contribution in [2.75, 3.05) is 5.75 Å². The van der Waals surface area contributed by atoms with Crippen LogP contribution in [0.15, 0.2) is 12.3 Å². The minimum absolute atomic E-state index is 0.320. The first-order valence-corrected chi connectivity index (χ1v) is 9.43. The van der Waals surface area contributed by atoms with Crippen LogP contribution in [0.4, 0.5) is 0 Å². The number of nitrogens with two attached hydrogens (primary N) is 1. The summed E-state index contributed by atoms with van der Waals surface area (Å²) in [5.74, 6) is 6.81. The standard InChI is InChI=1S/C16H30N4S/c1-3-15(4-2)20-10-9-13(19-20)11-14(18-17)12-21-16-7-5-6-8-16/h9-10,14-16,18H,3-8,11-12,17H2,1-2H3. The van der Waals surface area contributed by atoms with E-state index < -0.39 is 0 Å². The van der Waals surface area contributed by atoms with E-state index in [0.29, 0.717) is 12.1 Å². The molecule has 1 aromatic rings. The number of hydrogen-bond donors (Lipinski definition) is 2. The summed E-state index contributed by atoms with van der Waals surface area (Å²) >= 11 is 2.08. The molecule has 0 bridgehead atoms. The third kappa shape index (κ3) is 5.01. The summed E-state index contributed by atoms with van der Waals surface area (Å²) in [4.78, 5) is 0. The maximum absolute atomic E-state index is 5.73. The Kier molecular flexibility index (Phi) is 7.07. The Morgan fingerprint density at radius 3 is 2.71 bits per heavy atom. The molecule has 0 radical (unpaired) electrons. The molecule has 0 aliphatic heterocycles. The molecule has 1 unspecified atom stereocenters. The van der Waals surface area contributed by atoms with Crippen LogP contribution in [0, 0.1) is 0 Å². The van der Waals surface area contributed by atoms with Gasteiger partial charge in [0.15, 0.2) is 0 Å². The van der Waals surface area contributed by atoms with Gasteiger partial charge in [-0.05, 0) is 31.7 Å². The summed E-state index contributed by atoms with van der Waals surface area (Å²) in [6, 6.07) is 2.99. The summed E-state index contributed by atoms with van der Waals surface area (Å²) in [7, 11) is 0. The van der Waals surface area contributed by atoms with Crippen LogP contribution in [0.3, 0.4) is 0 Å². The number of thioether (sulfide) groups is 1. The average Bonchev–Trinajstić information content (AvgIpc) is 3.16. The Balaban J connectivity index is 1.83. The molecule has 0 amide bonds. The van der Waals surface area contributed by atoms with E-state index in [1.807, 2.05) is 0 Å². The number of hydrogen-bond acceptors (Lipinski definition) is 4. The predicted molar refractivity (Wildman–Crippen MR) is 91.4 cm³/mol. The Morgan fingerprint density at radius 2 is 2.10 bits per heavy atom. The van der Waals surface area contributed by atoms with Crippen LogP contribution in [0.5, 0.6) is 0 Å². The van der Waals surface area contributed by atoms with Gasteiger partial charge in [-0.15, -0.1) is 0 Å². The van der Waals surface area contributed by atoms with Gasteiger partial charge >= 0.3 is 0 Å². The largest absolute Gasteiger partial charge is 0.271 e. The fourth-order valence-corrected chi connectivity index (χ4v) is 4.46. The molecular formula is C16H30N4S. The molecule has 3 N–H and O–H groups in total. The van der Waals surface area contributed by atoms with Crippen LogP contribution in [0.25, 0.3) is 0 Å². The van der Waals surface area contributed by atoms with Crippen molar-refractivity contribution in [3.8, 4) is 0 Å². The summed E-state index contributed by atoms with van der Waals surface area (Å²) in [6.07, 6.45) is 10.9. The molecule has 0 aromatic carbocycles. The third-order valence-corrected chi connectivity index (χ3v) is 6.04. The topological polar surface area (TPSA) is 55.9 Å². The monoisotopic (exact) mass is 310 g/mol. The van der Waals surface area contributed by atoms with Crippen LogP contribution in [-0.4, -0.2) is 26.8 Å². The van der Waals surface area contributed by atoms with E-state index in [4.69, 9.17) is 10.9 Å². The number of nitrogens with one attached hydrogen (secondary N) is 1. The van der Waals surface area contributed by atoms with Gasteiger partial charge in [0.25, 0.3) is 0 Å². The second-order valence-electron chi connectivity index (χ2n) is 6.06. The molecule has 1 saturated carbocycles. The van der Waals surface area contributed by atoms with Gasteiger partial charge < -0.3 is 0 Å². The van der Waals surface area contributed by atoms with Crippen molar-refractivity contribution in [3.63, 3.8) is 0 Å². The van der Waals surface area contributed by atoms with E-state index >= 15 is 0 Å². The first-order valence-electron chi connectivity index (χ1n) is 8.38. The zero-order valence-electron chi connectivity index (χ0n) is 13.4. The van der Waals surface area contributed by atoms with Gasteiger partial charge in [0.2, 0.25) is 0 Å². The second-order valence-corrected chi connectivity index (χ2v) is 7.40. The highest BCUT2D eigenvalue weighted by atomic mass is 32.2. The first kappa shape index (κ1) is 16.8. The lowest BCUT2D eigenvalue weighted by molar-refractivity contribution is 0.423. The van der Waals surface area contributed by atoms with Crippen molar-refractivity contribution in [2.45, 2.75) is 76.1 Å². The lowest BCUT2D eigenvalue weighted by Gasteiger charge is -2.17. The molecule has 4 nitrogen and oxygen atoms in total. The normalized spacial score (nSPS) is 17.7. The first-order chi connectivity index (χ1) is 10.3. The van der Waals surface area contributed by atoms with Crippen molar-refractivity contribution < 1.29 is 0 Å².